The molecule has 200 valence electrons. The van der Waals surface area contributed by atoms with Crippen LogP contribution in [0, 0.1) is 0 Å². The number of carbonyl (C=O) groups excluding carboxylic acids is 2. The molecule has 3 atom stereocenters. The van der Waals surface area contributed by atoms with Crippen LogP contribution in [0.5, 0.6) is 0 Å². The standard InChI is InChI=1S/C19H23N6O8PS3/c1-3-33-34(30,31)10-24-18(21-22-23-24)37-9-11-8-36-17-19(32-2,16(29)25(17)14(11)15(27)28)20-13(26)7-12-5-4-6-35-12/h4-6,17H,3,7-10H2,1-2H3,(H,20,26)(H,27,28)(H,30,31)/t17-,19+/m1/s1. The van der Waals surface area contributed by atoms with Gasteiger partial charge in [0.25, 0.3) is 11.6 Å². The molecule has 1 saturated heterocycles. The molecule has 14 nitrogen and oxygen atoms in total. The molecule has 0 spiro atoms. The van der Waals surface area contributed by atoms with Gasteiger partial charge in [0, 0.05) is 23.5 Å². The number of hydrogen-bond acceptors (Lipinski definition) is 12. The fourth-order valence-corrected chi connectivity index (χ4v) is 8.10. The summed E-state index contributed by atoms with van der Waals surface area (Å²) in [5, 5.41) is 24.9. The molecule has 0 bridgehead atoms. The van der Waals surface area contributed by atoms with Crippen molar-refractivity contribution in [2.24, 2.45) is 0 Å². The summed E-state index contributed by atoms with van der Waals surface area (Å²) < 4.78 is 23.5. The van der Waals surface area contributed by atoms with Gasteiger partial charge in [-0.1, -0.05) is 17.8 Å². The van der Waals surface area contributed by atoms with Crippen molar-refractivity contribution in [3.8, 4) is 0 Å². The third-order valence-electron chi connectivity index (χ3n) is 5.39. The Morgan fingerprint density at radius 1 is 1.43 bits per heavy atom. The summed E-state index contributed by atoms with van der Waals surface area (Å²) in [5.74, 6) is -2.08. The number of rotatable bonds is 12. The van der Waals surface area contributed by atoms with E-state index in [0.29, 0.717) is 5.57 Å². The number of methoxy groups -OCH3 is 1. The molecule has 4 heterocycles. The van der Waals surface area contributed by atoms with Crippen LogP contribution in [0.4, 0.5) is 0 Å². The van der Waals surface area contributed by atoms with Crippen molar-refractivity contribution in [3.63, 3.8) is 0 Å². The number of fused-ring (bicyclic) bond motifs is 1. The SMILES string of the molecule is CCOP(=O)(O)Cn1nnnc1SCC1=C(C(=O)O)N2C(=O)[C@](NC(=O)Cc3cccs3)(OC)[C@H]2SC1. The highest BCUT2D eigenvalue weighted by molar-refractivity contribution is 8.01. The molecular weight excluding hydrogens is 567 g/mol. The van der Waals surface area contributed by atoms with Gasteiger partial charge in [0.1, 0.15) is 17.4 Å². The van der Waals surface area contributed by atoms with Crippen molar-refractivity contribution in [3.05, 3.63) is 33.7 Å². The van der Waals surface area contributed by atoms with Crippen molar-refractivity contribution in [1.29, 1.82) is 0 Å². The number of aliphatic carboxylic acids is 1. The molecule has 0 radical (unpaired) electrons. The first kappa shape index (κ1) is 27.8. The van der Waals surface area contributed by atoms with Crippen molar-refractivity contribution < 1.29 is 38.2 Å². The highest BCUT2D eigenvalue weighted by Crippen LogP contribution is 2.48. The van der Waals surface area contributed by atoms with E-state index in [9.17, 15) is 28.9 Å². The smallest absolute Gasteiger partial charge is 0.352 e. The molecule has 2 aliphatic heterocycles. The molecule has 37 heavy (non-hydrogen) atoms. The predicted octanol–water partition coefficient (Wildman–Crippen LogP) is 0.962. The van der Waals surface area contributed by atoms with Gasteiger partial charge in [0.2, 0.25) is 11.1 Å². The van der Waals surface area contributed by atoms with E-state index in [0.717, 1.165) is 26.2 Å². The lowest BCUT2D eigenvalue weighted by molar-refractivity contribution is -0.192. The van der Waals surface area contributed by atoms with E-state index < -0.39 is 42.8 Å². The summed E-state index contributed by atoms with van der Waals surface area (Å²) in [6.45, 7) is 1.61. The van der Waals surface area contributed by atoms with Crippen molar-refractivity contribution >= 4 is 60.2 Å². The number of carboxylic acids is 1. The number of aromatic nitrogens is 4. The number of β-lactam (4-membered cyclic amide) rings is 1. The minimum absolute atomic E-state index is 0.0347. The van der Waals surface area contributed by atoms with Gasteiger partial charge in [-0.15, -0.1) is 28.2 Å². The summed E-state index contributed by atoms with van der Waals surface area (Å²) >= 11 is 3.72. The second-order valence-electron chi connectivity index (χ2n) is 7.79. The molecule has 4 rings (SSSR count). The Kier molecular flexibility index (Phi) is 8.42. The summed E-state index contributed by atoms with van der Waals surface area (Å²) in [5.41, 5.74) is -1.46. The number of carboxylic acid groups (broad SMARTS) is 1. The van der Waals surface area contributed by atoms with E-state index in [1.165, 1.54) is 30.2 Å². The van der Waals surface area contributed by atoms with Gasteiger partial charge < -0.3 is 24.6 Å². The van der Waals surface area contributed by atoms with Gasteiger partial charge >= 0.3 is 13.6 Å². The highest BCUT2D eigenvalue weighted by atomic mass is 32.2. The number of thiophene rings is 1. The Morgan fingerprint density at radius 3 is 2.86 bits per heavy atom. The number of carbonyl (C=O) groups is 3. The molecule has 2 amide bonds. The van der Waals surface area contributed by atoms with Gasteiger partial charge in [-0.05, 0) is 34.4 Å². The van der Waals surface area contributed by atoms with Crippen molar-refractivity contribution in [2.75, 3.05) is 25.2 Å². The van der Waals surface area contributed by atoms with Crippen LogP contribution in [0.2, 0.25) is 0 Å². The van der Waals surface area contributed by atoms with Gasteiger partial charge in [-0.25, -0.2) is 9.48 Å². The molecule has 1 unspecified atom stereocenters. The van der Waals surface area contributed by atoms with Crippen LogP contribution in [0.1, 0.15) is 11.8 Å². The number of tetrazole rings is 1. The summed E-state index contributed by atoms with van der Waals surface area (Å²) in [6, 6.07) is 3.62. The van der Waals surface area contributed by atoms with Crippen LogP contribution in [-0.4, -0.2) is 89.2 Å². The highest BCUT2D eigenvalue weighted by Gasteiger charge is 2.66. The Balaban J connectivity index is 1.49. The topological polar surface area (TPSA) is 186 Å². The fourth-order valence-electron chi connectivity index (χ4n) is 3.83. The number of thioether (sulfide) groups is 2. The number of hydrogen-bond donors (Lipinski definition) is 3. The Morgan fingerprint density at radius 2 is 2.22 bits per heavy atom. The molecule has 0 aliphatic carbocycles. The van der Waals surface area contributed by atoms with Crippen LogP contribution in [0.15, 0.2) is 33.9 Å². The van der Waals surface area contributed by atoms with E-state index in [2.05, 4.69) is 20.8 Å². The van der Waals surface area contributed by atoms with E-state index >= 15 is 0 Å². The van der Waals surface area contributed by atoms with Crippen LogP contribution in [-0.2, 0) is 40.9 Å². The Labute approximate surface area is 223 Å². The van der Waals surface area contributed by atoms with Crippen molar-refractivity contribution in [2.45, 2.75) is 35.9 Å². The second kappa shape index (κ2) is 11.2. The summed E-state index contributed by atoms with van der Waals surface area (Å²) in [7, 11) is -2.67. The molecule has 18 heteroatoms. The third kappa shape index (κ3) is 5.62. The van der Waals surface area contributed by atoms with Gasteiger partial charge in [0.05, 0.1) is 13.0 Å². The van der Waals surface area contributed by atoms with Gasteiger partial charge in [-0.2, -0.15) is 0 Å². The molecule has 0 aromatic carbocycles. The lowest BCUT2D eigenvalue weighted by Crippen LogP contribution is -2.80. The average molecular weight is 591 g/mol. The molecular formula is C19H23N6O8PS3. The number of ether oxygens (including phenoxy) is 1. The molecule has 2 aromatic heterocycles. The maximum Gasteiger partial charge on any atom is 0.352 e. The molecule has 1 fully saturated rings. The van der Waals surface area contributed by atoms with Crippen LogP contribution in [0.3, 0.4) is 0 Å². The van der Waals surface area contributed by atoms with E-state index in [-0.39, 0.29) is 35.4 Å². The summed E-state index contributed by atoms with van der Waals surface area (Å²) in [6.07, 6.45) is -0.403. The predicted molar refractivity (Wildman–Crippen MR) is 134 cm³/mol. The van der Waals surface area contributed by atoms with E-state index in [1.54, 1.807) is 13.0 Å². The lowest BCUT2D eigenvalue weighted by Gasteiger charge is -2.55. The molecule has 3 N–H and O–H groups in total. The number of nitrogens with zero attached hydrogens (tertiary/aromatic N) is 5. The first-order valence-electron chi connectivity index (χ1n) is 10.8. The monoisotopic (exact) mass is 590 g/mol. The summed E-state index contributed by atoms with van der Waals surface area (Å²) in [4.78, 5) is 49.8. The third-order valence-corrected chi connectivity index (χ3v) is 9.97. The van der Waals surface area contributed by atoms with Crippen LogP contribution in [0.25, 0.3) is 0 Å². The minimum atomic E-state index is -3.96. The zero-order chi connectivity index (χ0) is 26.8. The fraction of sp³-hybridized carbons (Fsp3) is 0.474. The minimum Gasteiger partial charge on any atom is -0.477 e. The largest absolute Gasteiger partial charge is 0.477 e. The zero-order valence-corrected chi connectivity index (χ0v) is 22.9. The quantitative estimate of drug-likeness (QED) is 0.137. The Hall–Kier alpha value is -2.27. The Bertz CT molecular complexity index is 1270. The van der Waals surface area contributed by atoms with Gasteiger partial charge in [0.15, 0.2) is 0 Å². The zero-order valence-electron chi connectivity index (χ0n) is 19.6. The normalized spacial score (nSPS) is 22.8. The van der Waals surface area contributed by atoms with Crippen LogP contribution < -0.4 is 5.32 Å². The lowest BCUT2D eigenvalue weighted by atomic mass is 9.98. The molecule has 2 aliphatic rings. The first-order valence-corrected chi connectivity index (χ1v) is 15.4. The van der Waals surface area contributed by atoms with E-state index in [1.807, 2.05) is 11.4 Å². The van der Waals surface area contributed by atoms with Crippen molar-refractivity contribution in [1.82, 2.24) is 30.4 Å². The second-order valence-corrected chi connectivity index (χ2v) is 12.6. The number of nitrogens with one attached hydrogen (secondary N) is 1. The molecule has 2 aromatic rings. The average Bonchev–Trinajstić information content (AvgIpc) is 3.51. The molecule has 0 saturated carbocycles. The number of amides is 2. The first-order chi connectivity index (χ1) is 17.6. The van der Waals surface area contributed by atoms with Crippen LogP contribution >= 0.6 is 42.5 Å². The maximum absolute atomic E-state index is 13.2. The maximum atomic E-state index is 13.2. The van der Waals surface area contributed by atoms with E-state index in [4.69, 9.17) is 9.26 Å². The van der Waals surface area contributed by atoms with Gasteiger partial charge in [-0.3, -0.25) is 19.1 Å².